The summed E-state index contributed by atoms with van der Waals surface area (Å²) >= 11 is 0. The molecule has 4 heteroatoms. The molecule has 122 valence electrons. The molecule has 4 nitrogen and oxygen atoms in total. The zero-order valence-corrected chi connectivity index (χ0v) is 13.8. The molecule has 0 bridgehead atoms. The standard InChI is InChI=1S/C17H32N2O2/c1-12-7-4-5-9-15(12)18-17(21)13(2)19(3)11-14-8-6-10-16(14)20/h12-16,20H,4-11H2,1-3H3,(H,18,21). The van der Waals surface area contributed by atoms with Crippen molar-refractivity contribution >= 4 is 5.91 Å². The van der Waals surface area contributed by atoms with E-state index < -0.39 is 0 Å². The molecule has 2 fully saturated rings. The molecule has 5 atom stereocenters. The summed E-state index contributed by atoms with van der Waals surface area (Å²) in [5, 5.41) is 13.2. The summed E-state index contributed by atoms with van der Waals surface area (Å²) in [6.45, 7) is 5.04. The maximum absolute atomic E-state index is 12.4. The third kappa shape index (κ3) is 4.43. The molecule has 0 heterocycles. The Balaban J connectivity index is 1.80. The van der Waals surface area contributed by atoms with Gasteiger partial charge >= 0.3 is 0 Å². The van der Waals surface area contributed by atoms with Crippen molar-refractivity contribution in [2.24, 2.45) is 11.8 Å². The molecule has 0 radical (unpaired) electrons. The van der Waals surface area contributed by atoms with Gasteiger partial charge in [-0.25, -0.2) is 0 Å². The number of likely N-dealkylation sites (N-methyl/N-ethyl adjacent to an activating group) is 1. The molecule has 1 amide bonds. The van der Waals surface area contributed by atoms with Gasteiger partial charge in [0.05, 0.1) is 12.1 Å². The van der Waals surface area contributed by atoms with Crippen LogP contribution < -0.4 is 5.32 Å². The van der Waals surface area contributed by atoms with E-state index in [9.17, 15) is 9.90 Å². The lowest BCUT2D eigenvalue weighted by molar-refractivity contribution is -0.127. The number of nitrogens with one attached hydrogen (secondary N) is 1. The Morgan fingerprint density at radius 1 is 1.24 bits per heavy atom. The van der Waals surface area contributed by atoms with E-state index in [1.807, 2.05) is 14.0 Å². The second-order valence-electron chi connectivity index (χ2n) is 7.25. The lowest BCUT2D eigenvalue weighted by atomic mass is 9.86. The number of amides is 1. The average molecular weight is 296 g/mol. The molecule has 2 N–H and O–H groups in total. The van der Waals surface area contributed by atoms with Crippen LogP contribution in [-0.4, -0.2) is 47.7 Å². The zero-order chi connectivity index (χ0) is 15.4. The Morgan fingerprint density at radius 2 is 1.95 bits per heavy atom. The number of aliphatic hydroxyl groups is 1. The number of hydrogen-bond donors (Lipinski definition) is 2. The van der Waals surface area contributed by atoms with E-state index in [4.69, 9.17) is 0 Å². The van der Waals surface area contributed by atoms with Gasteiger partial charge in [-0.3, -0.25) is 9.69 Å². The average Bonchev–Trinajstić information content (AvgIpc) is 2.86. The first-order valence-corrected chi connectivity index (χ1v) is 8.67. The molecular formula is C17H32N2O2. The van der Waals surface area contributed by atoms with Gasteiger partial charge in [0.25, 0.3) is 0 Å². The van der Waals surface area contributed by atoms with Crippen LogP contribution >= 0.6 is 0 Å². The number of hydrogen-bond acceptors (Lipinski definition) is 3. The van der Waals surface area contributed by atoms with Gasteiger partial charge in [-0.15, -0.1) is 0 Å². The minimum Gasteiger partial charge on any atom is -0.393 e. The van der Waals surface area contributed by atoms with Crippen molar-refractivity contribution in [2.45, 2.75) is 77.0 Å². The summed E-state index contributed by atoms with van der Waals surface area (Å²) in [6.07, 6.45) is 7.80. The van der Waals surface area contributed by atoms with Crippen LogP contribution in [0.25, 0.3) is 0 Å². The molecule has 0 aromatic heterocycles. The number of rotatable bonds is 5. The van der Waals surface area contributed by atoms with E-state index in [0.717, 1.165) is 32.2 Å². The van der Waals surface area contributed by atoms with Gasteiger partial charge in [0.15, 0.2) is 0 Å². The van der Waals surface area contributed by atoms with Crippen molar-refractivity contribution in [3.63, 3.8) is 0 Å². The van der Waals surface area contributed by atoms with Crippen LogP contribution in [0.1, 0.15) is 58.8 Å². The summed E-state index contributed by atoms with van der Waals surface area (Å²) < 4.78 is 0. The first kappa shape index (κ1) is 16.8. The molecule has 0 aromatic rings. The van der Waals surface area contributed by atoms with Gasteiger partial charge in [-0.2, -0.15) is 0 Å². The SMILES string of the molecule is CC1CCCCC1NC(=O)C(C)N(C)CC1CCCC1O. The molecule has 2 rings (SSSR count). The number of carbonyl (C=O) groups excluding carboxylic acids is 1. The Bertz CT molecular complexity index is 348. The van der Waals surface area contributed by atoms with Crippen molar-refractivity contribution in [2.75, 3.05) is 13.6 Å². The largest absolute Gasteiger partial charge is 0.393 e. The Kier molecular flexibility index (Phi) is 6.06. The van der Waals surface area contributed by atoms with E-state index >= 15 is 0 Å². The second-order valence-corrected chi connectivity index (χ2v) is 7.25. The third-order valence-electron chi connectivity index (χ3n) is 5.62. The van der Waals surface area contributed by atoms with Crippen LogP contribution in [0.2, 0.25) is 0 Å². The molecule has 21 heavy (non-hydrogen) atoms. The van der Waals surface area contributed by atoms with Gasteiger partial charge in [-0.1, -0.05) is 26.2 Å². The van der Waals surface area contributed by atoms with Gasteiger partial charge < -0.3 is 10.4 Å². The van der Waals surface area contributed by atoms with Gasteiger partial charge in [-0.05, 0) is 51.5 Å². The smallest absolute Gasteiger partial charge is 0.237 e. The van der Waals surface area contributed by atoms with Crippen molar-refractivity contribution < 1.29 is 9.90 Å². The molecule has 5 unspecified atom stereocenters. The minimum atomic E-state index is -0.180. The summed E-state index contributed by atoms with van der Waals surface area (Å²) in [6, 6.07) is 0.228. The zero-order valence-electron chi connectivity index (χ0n) is 13.8. The second kappa shape index (κ2) is 7.59. The molecule has 2 aliphatic carbocycles. The Hall–Kier alpha value is -0.610. The highest BCUT2D eigenvalue weighted by Gasteiger charge is 2.30. The lowest BCUT2D eigenvalue weighted by Gasteiger charge is -2.33. The normalized spacial score (nSPS) is 34.9. The maximum Gasteiger partial charge on any atom is 0.237 e. The minimum absolute atomic E-state index is 0.119. The Labute approximate surface area is 129 Å². The van der Waals surface area contributed by atoms with Crippen molar-refractivity contribution in [3.05, 3.63) is 0 Å². The van der Waals surface area contributed by atoms with E-state index in [-0.39, 0.29) is 18.1 Å². The monoisotopic (exact) mass is 296 g/mol. The van der Waals surface area contributed by atoms with Crippen LogP contribution in [0.3, 0.4) is 0 Å². The fourth-order valence-corrected chi connectivity index (χ4v) is 3.79. The number of carbonyl (C=O) groups is 1. The molecular weight excluding hydrogens is 264 g/mol. The van der Waals surface area contributed by atoms with E-state index in [1.165, 1.54) is 19.3 Å². The topological polar surface area (TPSA) is 52.6 Å². The first-order valence-electron chi connectivity index (χ1n) is 8.67. The molecule has 2 saturated carbocycles. The summed E-state index contributed by atoms with van der Waals surface area (Å²) in [5.74, 6) is 1.07. The quantitative estimate of drug-likeness (QED) is 0.817. The van der Waals surface area contributed by atoms with Gasteiger partial charge in [0.1, 0.15) is 0 Å². The predicted octanol–water partition coefficient (Wildman–Crippen LogP) is 2.16. The number of aliphatic hydroxyl groups excluding tert-OH is 1. The van der Waals surface area contributed by atoms with Crippen LogP contribution in [0.4, 0.5) is 0 Å². The fourth-order valence-electron chi connectivity index (χ4n) is 3.79. The fraction of sp³-hybridized carbons (Fsp3) is 0.941. The van der Waals surface area contributed by atoms with Crippen molar-refractivity contribution in [3.8, 4) is 0 Å². The van der Waals surface area contributed by atoms with Gasteiger partial charge in [0.2, 0.25) is 5.91 Å². The van der Waals surface area contributed by atoms with E-state index in [1.54, 1.807) is 0 Å². The lowest BCUT2D eigenvalue weighted by Crippen LogP contribution is -2.50. The summed E-state index contributed by atoms with van der Waals surface area (Å²) in [5.41, 5.74) is 0. The molecule has 0 aliphatic heterocycles. The van der Waals surface area contributed by atoms with Gasteiger partial charge in [0, 0.05) is 12.6 Å². The highest BCUT2D eigenvalue weighted by Crippen LogP contribution is 2.27. The molecule has 0 spiro atoms. The van der Waals surface area contributed by atoms with E-state index in [2.05, 4.69) is 17.1 Å². The first-order chi connectivity index (χ1) is 9.99. The highest BCUT2D eigenvalue weighted by molar-refractivity contribution is 5.81. The molecule has 0 aromatic carbocycles. The molecule has 2 aliphatic rings. The summed E-state index contributed by atoms with van der Waals surface area (Å²) in [7, 11) is 2.00. The maximum atomic E-state index is 12.4. The van der Waals surface area contributed by atoms with Crippen molar-refractivity contribution in [1.82, 2.24) is 10.2 Å². The van der Waals surface area contributed by atoms with Crippen LogP contribution in [-0.2, 0) is 4.79 Å². The number of nitrogens with zero attached hydrogens (tertiary/aromatic N) is 1. The van der Waals surface area contributed by atoms with Crippen LogP contribution in [0, 0.1) is 11.8 Å². The van der Waals surface area contributed by atoms with Crippen molar-refractivity contribution in [1.29, 1.82) is 0 Å². The highest BCUT2D eigenvalue weighted by atomic mass is 16.3. The van der Waals surface area contributed by atoms with Crippen LogP contribution in [0.15, 0.2) is 0 Å². The summed E-state index contributed by atoms with van der Waals surface area (Å²) in [4.78, 5) is 14.5. The third-order valence-corrected chi connectivity index (χ3v) is 5.62. The Morgan fingerprint density at radius 3 is 2.57 bits per heavy atom. The predicted molar refractivity (Wildman–Crippen MR) is 85.0 cm³/mol. The van der Waals surface area contributed by atoms with Crippen LogP contribution in [0.5, 0.6) is 0 Å². The van der Waals surface area contributed by atoms with E-state index in [0.29, 0.717) is 17.9 Å². The molecule has 0 saturated heterocycles.